The van der Waals surface area contributed by atoms with Crippen molar-refractivity contribution in [1.29, 1.82) is 0 Å². The van der Waals surface area contributed by atoms with Crippen LogP contribution in [0, 0.1) is 5.82 Å². The zero-order valence-electron chi connectivity index (χ0n) is 12.3. The number of carbonyl (C=O) groups excluding carboxylic acids is 1. The molecule has 1 aliphatic rings. The van der Waals surface area contributed by atoms with Gasteiger partial charge in [-0.05, 0) is 37.1 Å². The molecule has 6 nitrogen and oxygen atoms in total. The highest BCUT2D eigenvalue weighted by molar-refractivity contribution is 7.89. The van der Waals surface area contributed by atoms with E-state index in [2.05, 4.69) is 5.32 Å². The van der Waals surface area contributed by atoms with Crippen LogP contribution < -0.4 is 5.32 Å². The predicted molar refractivity (Wildman–Crippen MR) is 78.2 cm³/mol. The summed E-state index contributed by atoms with van der Waals surface area (Å²) in [6, 6.07) is 4.48. The van der Waals surface area contributed by atoms with Crippen molar-refractivity contribution >= 4 is 15.9 Å². The van der Waals surface area contributed by atoms with Gasteiger partial charge in [-0.15, -0.1) is 0 Å². The van der Waals surface area contributed by atoms with Crippen molar-refractivity contribution in [2.24, 2.45) is 0 Å². The van der Waals surface area contributed by atoms with Gasteiger partial charge >= 0.3 is 0 Å². The maximum absolute atomic E-state index is 12.8. The fourth-order valence-electron chi connectivity index (χ4n) is 2.16. The molecule has 0 aliphatic carbocycles. The van der Waals surface area contributed by atoms with Crippen LogP contribution in [0.4, 0.5) is 4.39 Å². The van der Waals surface area contributed by atoms with Gasteiger partial charge < -0.3 is 10.1 Å². The van der Waals surface area contributed by atoms with Crippen LogP contribution in [0.2, 0.25) is 0 Å². The van der Waals surface area contributed by atoms with Crippen LogP contribution >= 0.6 is 0 Å². The number of rotatable bonds is 6. The molecule has 1 aliphatic heterocycles. The second-order valence-electron chi connectivity index (χ2n) is 5.15. The van der Waals surface area contributed by atoms with E-state index in [0.29, 0.717) is 13.2 Å². The van der Waals surface area contributed by atoms with Gasteiger partial charge in [-0.3, -0.25) is 4.79 Å². The Labute approximate surface area is 129 Å². The molecule has 1 fully saturated rings. The van der Waals surface area contributed by atoms with Gasteiger partial charge in [-0.2, -0.15) is 4.31 Å². The smallest absolute Gasteiger partial charge is 0.243 e. The van der Waals surface area contributed by atoms with E-state index in [1.807, 2.05) is 0 Å². The lowest BCUT2D eigenvalue weighted by atomic mass is 10.2. The topological polar surface area (TPSA) is 75.7 Å². The highest BCUT2D eigenvalue weighted by Crippen LogP contribution is 2.14. The quantitative estimate of drug-likeness (QED) is 0.835. The van der Waals surface area contributed by atoms with Crippen LogP contribution in [-0.4, -0.2) is 51.5 Å². The van der Waals surface area contributed by atoms with E-state index in [1.165, 1.54) is 19.2 Å². The van der Waals surface area contributed by atoms with E-state index in [4.69, 9.17) is 4.74 Å². The van der Waals surface area contributed by atoms with E-state index < -0.39 is 21.7 Å². The van der Waals surface area contributed by atoms with Crippen molar-refractivity contribution in [3.8, 4) is 0 Å². The van der Waals surface area contributed by atoms with Gasteiger partial charge in [0.05, 0.1) is 17.5 Å². The Morgan fingerprint density at radius 3 is 2.68 bits per heavy atom. The van der Waals surface area contributed by atoms with E-state index in [-0.39, 0.29) is 17.5 Å². The molecule has 122 valence electrons. The SMILES string of the molecule is CN(CC(=O)NC[C@H]1CCCO1)S(=O)(=O)c1ccc(F)cc1. The van der Waals surface area contributed by atoms with Gasteiger partial charge in [0.25, 0.3) is 0 Å². The molecule has 0 bridgehead atoms. The highest BCUT2D eigenvalue weighted by Gasteiger charge is 2.23. The molecule has 8 heteroatoms. The largest absolute Gasteiger partial charge is 0.376 e. The first kappa shape index (κ1) is 16.9. The minimum Gasteiger partial charge on any atom is -0.376 e. The number of hydrogen-bond acceptors (Lipinski definition) is 4. The Morgan fingerprint density at radius 1 is 1.41 bits per heavy atom. The molecule has 0 aromatic heterocycles. The monoisotopic (exact) mass is 330 g/mol. The van der Waals surface area contributed by atoms with Crippen LogP contribution in [0.5, 0.6) is 0 Å². The molecule has 1 atom stereocenters. The van der Waals surface area contributed by atoms with Gasteiger partial charge in [-0.25, -0.2) is 12.8 Å². The van der Waals surface area contributed by atoms with Gasteiger partial charge in [-0.1, -0.05) is 0 Å². The van der Waals surface area contributed by atoms with Crippen molar-refractivity contribution in [3.05, 3.63) is 30.1 Å². The summed E-state index contributed by atoms with van der Waals surface area (Å²) in [5.74, 6) is -0.917. The molecule has 0 spiro atoms. The van der Waals surface area contributed by atoms with E-state index in [0.717, 1.165) is 29.3 Å². The second-order valence-corrected chi connectivity index (χ2v) is 7.20. The van der Waals surface area contributed by atoms with Crippen LogP contribution in [-0.2, 0) is 19.6 Å². The summed E-state index contributed by atoms with van der Waals surface area (Å²) in [6.45, 7) is 0.773. The molecule has 2 rings (SSSR count). The lowest BCUT2D eigenvalue weighted by Gasteiger charge is -2.17. The number of amides is 1. The van der Waals surface area contributed by atoms with Crippen molar-refractivity contribution in [1.82, 2.24) is 9.62 Å². The zero-order chi connectivity index (χ0) is 16.2. The third-order valence-electron chi connectivity index (χ3n) is 3.44. The fourth-order valence-corrected chi connectivity index (χ4v) is 3.29. The number of nitrogens with one attached hydrogen (secondary N) is 1. The number of likely N-dealkylation sites (N-methyl/N-ethyl adjacent to an activating group) is 1. The molecule has 1 aromatic rings. The molecule has 0 radical (unpaired) electrons. The maximum Gasteiger partial charge on any atom is 0.243 e. The molecule has 1 aromatic carbocycles. The molecule has 0 unspecified atom stereocenters. The van der Waals surface area contributed by atoms with Gasteiger partial charge in [0.2, 0.25) is 15.9 Å². The van der Waals surface area contributed by atoms with Crippen molar-refractivity contribution in [2.45, 2.75) is 23.8 Å². The number of sulfonamides is 1. The summed E-state index contributed by atoms with van der Waals surface area (Å²) in [4.78, 5) is 11.8. The summed E-state index contributed by atoms with van der Waals surface area (Å²) < 4.78 is 43.6. The minimum atomic E-state index is -3.81. The third kappa shape index (κ3) is 4.25. The Bertz CT molecular complexity index is 612. The summed E-state index contributed by atoms with van der Waals surface area (Å²) in [5, 5.41) is 2.66. The molecule has 1 N–H and O–H groups in total. The summed E-state index contributed by atoms with van der Waals surface area (Å²) in [7, 11) is -2.50. The maximum atomic E-state index is 12.8. The number of halogens is 1. The van der Waals surface area contributed by atoms with Gasteiger partial charge in [0, 0.05) is 20.2 Å². The molecule has 0 saturated carbocycles. The molecule has 1 amide bonds. The third-order valence-corrected chi connectivity index (χ3v) is 5.26. The van der Waals surface area contributed by atoms with Crippen molar-refractivity contribution < 1.29 is 22.3 Å². The van der Waals surface area contributed by atoms with E-state index in [1.54, 1.807) is 0 Å². The van der Waals surface area contributed by atoms with Crippen molar-refractivity contribution in [2.75, 3.05) is 26.7 Å². The summed E-state index contributed by atoms with van der Waals surface area (Å²) in [5.41, 5.74) is 0. The molecular formula is C14H19FN2O4S. The van der Waals surface area contributed by atoms with Crippen LogP contribution in [0.3, 0.4) is 0 Å². The van der Waals surface area contributed by atoms with Crippen LogP contribution in [0.1, 0.15) is 12.8 Å². The Kier molecular flexibility index (Phi) is 5.49. The molecular weight excluding hydrogens is 311 g/mol. The highest BCUT2D eigenvalue weighted by atomic mass is 32.2. The van der Waals surface area contributed by atoms with Crippen molar-refractivity contribution in [3.63, 3.8) is 0 Å². The van der Waals surface area contributed by atoms with Gasteiger partial charge in [0.1, 0.15) is 5.82 Å². The Morgan fingerprint density at radius 2 is 2.09 bits per heavy atom. The van der Waals surface area contributed by atoms with Crippen LogP contribution in [0.25, 0.3) is 0 Å². The number of nitrogens with zero attached hydrogens (tertiary/aromatic N) is 1. The first-order valence-corrected chi connectivity index (χ1v) is 8.44. The average molecular weight is 330 g/mol. The predicted octanol–water partition coefficient (Wildman–Crippen LogP) is 0.741. The number of hydrogen-bond donors (Lipinski definition) is 1. The Hall–Kier alpha value is -1.51. The number of carbonyl (C=O) groups is 1. The second kappa shape index (κ2) is 7.17. The standard InChI is InChI=1S/C14H19FN2O4S/c1-17(10-14(18)16-9-12-3-2-8-21-12)22(19,20)13-6-4-11(15)5-7-13/h4-7,12H,2-3,8-10H2,1H3,(H,16,18)/t12-/m1/s1. The fraction of sp³-hybridized carbons (Fsp3) is 0.500. The lowest BCUT2D eigenvalue weighted by molar-refractivity contribution is -0.121. The zero-order valence-corrected chi connectivity index (χ0v) is 13.1. The lowest BCUT2D eigenvalue weighted by Crippen LogP contribution is -2.40. The molecule has 22 heavy (non-hydrogen) atoms. The van der Waals surface area contributed by atoms with E-state index >= 15 is 0 Å². The molecule has 1 heterocycles. The number of ether oxygens (including phenoxy) is 1. The first-order chi connectivity index (χ1) is 10.4. The van der Waals surface area contributed by atoms with Crippen LogP contribution in [0.15, 0.2) is 29.2 Å². The molecule has 1 saturated heterocycles. The number of benzene rings is 1. The van der Waals surface area contributed by atoms with E-state index in [9.17, 15) is 17.6 Å². The minimum absolute atomic E-state index is 0.00274. The van der Waals surface area contributed by atoms with Gasteiger partial charge in [0.15, 0.2) is 0 Å². The Balaban J connectivity index is 1.90. The summed E-state index contributed by atoms with van der Waals surface area (Å²) >= 11 is 0. The summed E-state index contributed by atoms with van der Waals surface area (Å²) in [6.07, 6.45) is 1.87. The normalized spacial score (nSPS) is 18.6. The average Bonchev–Trinajstić information content (AvgIpc) is 2.99. The first-order valence-electron chi connectivity index (χ1n) is 7.00.